The van der Waals surface area contributed by atoms with E-state index in [-0.39, 0.29) is 17.5 Å². The van der Waals surface area contributed by atoms with E-state index in [0.717, 1.165) is 44.5 Å². The molecule has 0 amide bonds. The molecule has 3 N–H and O–H groups in total. The van der Waals surface area contributed by atoms with Gasteiger partial charge in [-0.15, -0.1) is 0 Å². The second-order valence-electron chi connectivity index (χ2n) is 9.93. The van der Waals surface area contributed by atoms with Gasteiger partial charge in [-0.25, -0.2) is 8.51 Å². The van der Waals surface area contributed by atoms with Gasteiger partial charge in [0.05, 0.1) is 28.2 Å². The topological polar surface area (TPSA) is 100 Å². The van der Waals surface area contributed by atoms with Crippen molar-refractivity contribution >= 4 is 40.5 Å². The zero-order valence-electron chi connectivity index (χ0n) is 21.3. The SMILES string of the molecule is CCS(=O)N1CC(Nc2nc(Nc3cccc(C(F)(F)F)c3)c(C=N)c(N3CC(N4CCCCC4)C3)n2)C1. The number of halogens is 3. The molecule has 3 fully saturated rings. The maximum atomic E-state index is 13.3. The first-order valence-electron chi connectivity index (χ1n) is 13.0. The lowest BCUT2D eigenvalue weighted by Gasteiger charge is -2.47. The number of nitrogens with one attached hydrogen (secondary N) is 3. The van der Waals surface area contributed by atoms with E-state index >= 15 is 0 Å². The summed E-state index contributed by atoms with van der Waals surface area (Å²) >= 11 is 0. The van der Waals surface area contributed by atoms with E-state index in [1.165, 1.54) is 31.4 Å². The van der Waals surface area contributed by atoms with Crippen molar-refractivity contribution in [1.82, 2.24) is 19.2 Å². The number of piperidine rings is 1. The molecule has 13 heteroatoms. The van der Waals surface area contributed by atoms with E-state index in [1.54, 1.807) is 0 Å². The van der Waals surface area contributed by atoms with Crippen LogP contribution in [-0.2, 0) is 17.2 Å². The first-order valence-corrected chi connectivity index (χ1v) is 14.3. The first-order chi connectivity index (χ1) is 18.2. The minimum atomic E-state index is -4.47. The summed E-state index contributed by atoms with van der Waals surface area (Å²) in [7, 11) is -1.01. The maximum Gasteiger partial charge on any atom is 0.416 e. The molecule has 1 atom stereocenters. The van der Waals surface area contributed by atoms with Crippen molar-refractivity contribution in [2.75, 3.05) is 60.6 Å². The fourth-order valence-electron chi connectivity index (χ4n) is 5.10. The Bertz CT molecular complexity index is 1180. The van der Waals surface area contributed by atoms with Crippen LogP contribution in [0.15, 0.2) is 24.3 Å². The average Bonchev–Trinajstić information content (AvgIpc) is 2.85. The van der Waals surface area contributed by atoms with Crippen LogP contribution < -0.4 is 15.5 Å². The molecule has 3 aliphatic heterocycles. The highest BCUT2D eigenvalue weighted by Crippen LogP contribution is 2.34. The number of benzene rings is 1. The smallest absolute Gasteiger partial charge is 0.353 e. The molecule has 1 aromatic carbocycles. The molecule has 1 aromatic heterocycles. The zero-order chi connectivity index (χ0) is 26.9. The molecule has 5 rings (SSSR count). The van der Waals surface area contributed by atoms with Gasteiger partial charge in [-0.05, 0) is 44.1 Å². The van der Waals surface area contributed by atoms with Crippen LogP contribution in [0.1, 0.15) is 37.3 Å². The van der Waals surface area contributed by atoms with E-state index in [4.69, 9.17) is 10.4 Å². The summed E-state index contributed by atoms with van der Waals surface area (Å²) in [6, 6.07) is 5.35. The van der Waals surface area contributed by atoms with Gasteiger partial charge < -0.3 is 20.9 Å². The number of aromatic nitrogens is 2. The number of rotatable bonds is 9. The third-order valence-corrected chi connectivity index (χ3v) is 8.68. The van der Waals surface area contributed by atoms with Crippen LogP contribution in [0, 0.1) is 5.41 Å². The summed E-state index contributed by atoms with van der Waals surface area (Å²) < 4.78 is 53.8. The third-order valence-electron chi connectivity index (χ3n) is 7.31. The molecule has 4 heterocycles. The number of hydrogen-bond acceptors (Lipinski definition) is 8. The largest absolute Gasteiger partial charge is 0.416 e. The highest BCUT2D eigenvalue weighted by atomic mass is 32.2. The highest BCUT2D eigenvalue weighted by Gasteiger charge is 2.36. The van der Waals surface area contributed by atoms with Crippen LogP contribution in [-0.4, -0.2) is 86.7 Å². The molecule has 206 valence electrons. The molecular weight excluding hydrogens is 517 g/mol. The van der Waals surface area contributed by atoms with Crippen molar-refractivity contribution in [3.63, 3.8) is 0 Å². The van der Waals surface area contributed by atoms with Crippen LogP contribution in [0.3, 0.4) is 0 Å². The van der Waals surface area contributed by atoms with Crippen LogP contribution in [0.25, 0.3) is 0 Å². The van der Waals surface area contributed by atoms with E-state index in [2.05, 4.69) is 25.4 Å². The molecule has 3 saturated heterocycles. The normalized spacial score (nSPS) is 20.5. The van der Waals surface area contributed by atoms with Gasteiger partial charge in [0.25, 0.3) is 0 Å². The van der Waals surface area contributed by atoms with Crippen LogP contribution in [0.5, 0.6) is 0 Å². The lowest BCUT2D eigenvalue weighted by atomic mass is 10.0. The Kier molecular flexibility index (Phi) is 7.87. The van der Waals surface area contributed by atoms with E-state index in [1.807, 2.05) is 11.2 Å². The molecule has 3 aliphatic rings. The highest BCUT2D eigenvalue weighted by molar-refractivity contribution is 7.82. The number of likely N-dealkylation sites (tertiary alicyclic amines) is 1. The fraction of sp³-hybridized carbons (Fsp3) is 0.560. The summed E-state index contributed by atoms with van der Waals surface area (Å²) in [5.74, 6) is 1.73. The third kappa shape index (κ3) is 5.79. The van der Waals surface area contributed by atoms with Crippen LogP contribution >= 0.6 is 0 Å². The Morgan fingerprint density at radius 2 is 1.87 bits per heavy atom. The molecule has 0 bridgehead atoms. The molecular formula is C25H33F3N8OS. The lowest BCUT2D eigenvalue weighted by Crippen LogP contribution is -2.61. The van der Waals surface area contributed by atoms with Gasteiger partial charge in [0.15, 0.2) is 0 Å². The standard InChI is InChI=1S/C25H33F3N8OS/c1-2-38(37)36-13-19(14-36)31-24-32-22(30-18-8-6-7-17(11-18)25(26,27)28)21(12-29)23(33-24)35-15-20(16-35)34-9-4-3-5-10-34/h6-8,11-12,19-20,29H,2-5,9-10,13-16H2,1H3,(H2,30,31,32,33). The second-order valence-corrected chi connectivity index (χ2v) is 11.7. The summed E-state index contributed by atoms with van der Waals surface area (Å²) in [4.78, 5) is 13.9. The molecule has 0 radical (unpaired) electrons. The molecule has 9 nitrogen and oxygen atoms in total. The van der Waals surface area contributed by atoms with E-state index in [9.17, 15) is 17.4 Å². The quantitative estimate of drug-likeness (QED) is 0.410. The number of anilines is 4. The van der Waals surface area contributed by atoms with Gasteiger partial charge in [0, 0.05) is 49.9 Å². The van der Waals surface area contributed by atoms with Crippen molar-refractivity contribution < 1.29 is 17.4 Å². The van der Waals surface area contributed by atoms with Crippen molar-refractivity contribution in [3.8, 4) is 0 Å². The Hall–Kier alpha value is -2.77. The molecule has 0 aliphatic carbocycles. The van der Waals surface area contributed by atoms with E-state index in [0.29, 0.717) is 42.2 Å². The maximum absolute atomic E-state index is 13.3. The van der Waals surface area contributed by atoms with Gasteiger partial charge in [0.2, 0.25) is 5.95 Å². The molecule has 0 spiro atoms. The molecule has 2 aromatic rings. The minimum absolute atomic E-state index is 0.00285. The number of alkyl halides is 3. The minimum Gasteiger partial charge on any atom is -0.353 e. The Balaban J connectivity index is 1.40. The van der Waals surface area contributed by atoms with Gasteiger partial charge >= 0.3 is 6.18 Å². The van der Waals surface area contributed by atoms with Gasteiger partial charge in [-0.3, -0.25) is 4.90 Å². The Labute approximate surface area is 222 Å². The fourth-order valence-corrected chi connectivity index (χ4v) is 6.16. The average molecular weight is 551 g/mol. The number of hydrogen-bond donors (Lipinski definition) is 3. The predicted molar refractivity (Wildman–Crippen MR) is 144 cm³/mol. The van der Waals surface area contributed by atoms with Crippen molar-refractivity contribution in [2.24, 2.45) is 0 Å². The molecule has 1 unspecified atom stereocenters. The monoisotopic (exact) mass is 550 g/mol. The summed E-state index contributed by atoms with van der Waals surface area (Å²) in [6.45, 7) is 6.77. The van der Waals surface area contributed by atoms with Crippen LogP contribution in [0.2, 0.25) is 0 Å². The predicted octanol–water partition coefficient (Wildman–Crippen LogP) is 3.69. The van der Waals surface area contributed by atoms with Crippen molar-refractivity contribution in [2.45, 2.75) is 44.4 Å². The summed E-state index contributed by atoms with van der Waals surface area (Å²) in [6.07, 6.45) is 0.354. The van der Waals surface area contributed by atoms with Crippen molar-refractivity contribution in [3.05, 3.63) is 35.4 Å². The van der Waals surface area contributed by atoms with E-state index < -0.39 is 22.7 Å². The summed E-state index contributed by atoms with van der Waals surface area (Å²) in [5, 5.41) is 14.4. The Morgan fingerprint density at radius 3 is 2.53 bits per heavy atom. The number of nitrogens with zero attached hydrogens (tertiary/aromatic N) is 5. The molecule has 38 heavy (non-hydrogen) atoms. The first kappa shape index (κ1) is 26.8. The second kappa shape index (κ2) is 11.1. The van der Waals surface area contributed by atoms with Crippen molar-refractivity contribution in [1.29, 1.82) is 5.41 Å². The van der Waals surface area contributed by atoms with Gasteiger partial charge in [-0.1, -0.05) is 19.4 Å². The Morgan fingerprint density at radius 1 is 1.13 bits per heavy atom. The molecule has 0 saturated carbocycles. The van der Waals surface area contributed by atoms with Gasteiger partial charge in [0.1, 0.15) is 11.6 Å². The van der Waals surface area contributed by atoms with Crippen LogP contribution in [0.4, 0.5) is 36.4 Å². The van der Waals surface area contributed by atoms with Gasteiger partial charge in [-0.2, -0.15) is 23.1 Å². The lowest BCUT2D eigenvalue weighted by molar-refractivity contribution is -0.137. The zero-order valence-corrected chi connectivity index (χ0v) is 22.1. The summed E-state index contributed by atoms with van der Waals surface area (Å²) in [5.41, 5.74) is -0.119.